The number of phosphoric ester groups is 1. The largest absolute Gasteiger partial charge is 0.790 e. The number of esters is 1. The predicted octanol–water partition coefficient (Wildman–Crippen LogP) is -1.21. The number of hydrogen-bond acceptors (Lipinski definition) is 6. The summed E-state index contributed by atoms with van der Waals surface area (Å²) < 4.78 is 20.2. The maximum Gasteiger partial charge on any atom is 0.302 e. The molecule has 9 heteroatoms. The highest BCUT2D eigenvalue weighted by Crippen LogP contribution is 2.23. The van der Waals surface area contributed by atoms with Crippen molar-refractivity contribution >= 4 is 13.8 Å². The normalized spacial score (nSPS) is 12.4. The Labute approximate surface area is 127 Å². The fraction of sp³-hybridized carbons (Fsp3) is 0.917. The highest BCUT2D eigenvalue weighted by Gasteiger charge is 2.06. The molecule has 0 atom stereocenters. The second-order valence-electron chi connectivity index (χ2n) is 6.65. The van der Waals surface area contributed by atoms with Crippen molar-refractivity contribution in [3.63, 3.8) is 0 Å². The van der Waals surface area contributed by atoms with Crippen molar-refractivity contribution < 1.29 is 37.4 Å². The number of likely N-dealkylation sites (N-methyl/N-ethyl adjacent to an activating group) is 2. The number of nitrogens with zero attached hydrogens (tertiary/aromatic N) is 2. The number of ether oxygens (including phenoxy) is 1. The Morgan fingerprint density at radius 2 is 1.33 bits per heavy atom. The van der Waals surface area contributed by atoms with Gasteiger partial charge in [-0.1, -0.05) is 0 Å². The Bertz CT molecular complexity index is 343. The average molecular weight is 328 g/mol. The zero-order chi connectivity index (χ0) is 17.3. The molecule has 0 aliphatic carbocycles. The van der Waals surface area contributed by atoms with E-state index in [1.165, 1.54) is 6.92 Å². The number of carbonyl (C=O) groups is 1. The van der Waals surface area contributed by atoms with Gasteiger partial charge in [0.15, 0.2) is 0 Å². The van der Waals surface area contributed by atoms with Crippen molar-refractivity contribution in [2.75, 3.05) is 68.6 Å². The van der Waals surface area contributed by atoms with Gasteiger partial charge in [0.25, 0.3) is 0 Å². The zero-order valence-electron chi connectivity index (χ0n) is 14.1. The van der Waals surface area contributed by atoms with Crippen LogP contribution in [0.2, 0.25) is 0 Å². The Morgan fingerprint density at radius 1 is 0.952 bits per heavy atom. The van der Waals surface area contributed by atoms with Gasteiger partial charge in [-0.3, -0.25) is 4.79 Å². The second-order valence-corrected chi connectivity index (χ2v) is 7.80. The van der Waals surface area contributed by atoms with Crippen LogP contribution in [0.15, 0.2) is 0 Å². The molecule has 0 aliphatic heterocycles. The maximum atomic E-state index is 10.3. The van der Waals surface area contributed by atoms with E-state index in [0.717, 1.165) is 11.0 Å². The summed E-state index contributed by atoms with van der Waals surface area (Å²) in [6, 6.07) is 0. The molecule has 0 aromatic rings. The van der Waals surface area contributed by atoms with Crippen LogP contribution in [0, 0.1) is 0 Å². The van der Waals surface area contributed by atoms with E-state index in [0.29, 0.717) is 17.6 Å². The van der Waals surface area contributed by atoms with Gasteiger partial charge in [0.2, 0.25) is 0 Å². The first-order chi connectivity index (χ1) is 9.12. The van der Waals surface area contributed by atoms with Gasteiger partial charge in [0.05, 0.1) is 50.1 Å². The van der Waals surface area contributed by atoms with Crippen molar-refractivity contribution in [1.82, 2.24) is 0 Å². The third-order valence-electron chi connectivity index (χ3n) is 2.08. The summed E-state index contributed by atoms with van der Waals surface area (Å²) in [6.45, 7) is 3.25. The Morgan fingerprint density at radius 3 is 1.62 bits per heavy atom. The van der Waals surface area contributed by atoms with E-state index in [2.05, 4.69) is 25.7 Å². The summed E-state index contributed by atoms with van der Waals surface area (Å²) >= 11 is 0. The topological polar surface area (TPSA) is 98.7 Å². The molecule has 0 heterocycles. The van der Waals surface area contributed by atoms with Crippen molar-refractivity contribution in [2.24, 2.45) is 0 Å². The van der Waals surface area contributed by atoms with E-state index in [1.54, 1.807) is 0 Å². The van der Waals surface area contributed by atoms with E-state index in [1.807, 2.05) is 21.1 Å². The monoisotopic (exact) mass is 328 g/mol. The molecule has 0 unspecified atom stereocenters. The molecule has 128 valence electrons. The molecule has 0 fully saturated rings. The average Bonchev–Trinajstić information content (AvgIpc) is 2.10. The van der Waals surface area contributed by atoms with Crippen LogP contribution >= 0.6 is 7.82 Å². The lowest BCUT2D eigenvalue weighted by molar-refractivity contribution is -0.870. The zero-order valence-corrected chi connectivity index (χ0v) is 15.0. The molecule has 0 radical (unpaired) electrons. The van der Waals surface area contributed by atoms with E-state index in [4.69, 9.17) is 4.74 Å². The predicted molar refractivity (Wildman–Crippen MR) is 76.0 cm³/mol. The third kappa shape index (κ3) is 28.4. The standard InChI is InChI=1S/C7H16NO2.C5H14NO4P/c1-7(9)10-6-5-8(2,3)4;1-6(2,3)4-5-10-11(7,8)9/h5-6H2,1-4H3;4-5H2,1-3H3,(H-,7,8,9)/q+1;/p-1. The first kappa shape index (κ1) is 22.8. The van der Waals surface area contributed by atoms with Crippen molar-refractivity contribution in [1.29, 1.82) is 0 Å². The minimum atomic E-state index is -4.76. The molecule has 0 N–H and O–H groups in total. The fourth-order valence-electron chi connectivity index (χ4n) is 0.890. The van der Waals surface area contributed by atoms with Gasteiger partial charge in [-0.25, -0.2) is 0 Å². The maximum absolute atomic E-state index is 10.3. The third-order valence-corrected chi connectivity index (χ3v) is 2.58. The molecule has 0 bridgehead atoms. The SMILES string of the molecule is CC(=O)OCC[N+](C)(C)C.C[N+](C)(C)CCOP(=O)([O-])[O-]. The number of quaternary nitrogens is 2. The second kappa shape index (κ2) is 9.50. The molecule has 0 aromatic heterocycles. The molecule has 21 heavy (non-hydrogen) atoms. The van der Waals surface area contributed by atoms with E-state index in [-0.39, 0.29) is 12.6 Å². The molecule has 0 saturated heterocycles. The van der Waals surface area contributed by atoms with Crippen LogP contribution in [-0.2, 0) is 18.6 Å². The summed E-state index contributed by atoms with van der Waals surface area (Å²) in [7, 11) is 7.05. The molecular formula is C12H29N2O6P. The van der Waals surface area contributed by atoms with Crippen molar-refractivity contribution in [3.05, 3.63) is 0 Å². The van der Waals surface area contributed by atoms with Crippen LogP contribution in [0.5, 0.6) is 0 Å². The minimum Gasteiger partial charge on any atom is -0.790 e. The van der Waals surface area contributed by atoms with Gasteiger partial charge in [-0.2, -0.15) is 0 Å². The molecule has 8 nitrogen and oxygen atoms in total. The number of rotatable bonds is 7. The lowest BCUT2D eigenvalue weighted by Crippen LogP contribution is -2.38. The van der Waals surface area contributed by atoms with Crippen LogP contribution in [0.1, 0.15) is 6.92 Å². The highest BCUT2D eigenvalue weighted by atomic mass is 31.2. The van der Waals surface area contributed by atoms with Gasteiger partial charge in [-0.15, -0.1) is 0 Å². The first-order valence-corrected chi connectivity index (χ1v) is 7.99. The van der Waals surface area contributed by atoms with Gasteiger partial charge in [-0.05, 0) is 0 Å². The summed E-state index contributed by atoms with van der Waals surface area (Å²) in [5.74, 6) is -0.201. The minimum absolute atomic E-state index is 0.0478. The van der Waals surface area contributed by atoms with Gasteiger partial charge in [0, 0.05) is 6.92 Å². The summed E-state index contributed by atoms with van der Waals surface area (Å²) in [5.41, 5.74) is 0. The van der Waals surface area contributed by atoms with E-state index < -0.39 is 7.82 Å². The summed E-state index contributed by atoms with van der Waals surface area (Å²) in [4.78, 5) is 30.2. The molecule has 0 aromatic carbocycles. The number of phosphoric acid groups is 1. The summed E-state index contributed by atoms with van der Waals surface area (Å²) in [6.07, 6.45) is 0. The van der Waals surface area contributed by atoms with E-state index >= 15 is 0 Å². The van der Waals surface area contributed by atoms with Gasteiger partial charge >= 0.3 is 5.97 Å². The van der Waals surface area contributed by atoms with Crippen LogP contribution in [0.25, 0.3) is 0 Å². The molecule has 0 saturated carbocycles. The number of carbonyl (C=O) groups excluding carboxylic acids is 1. The van der Waals surface area contributed by atoms with Gasteiger partial charge < -0.3 is 32.6 Å². The van der Waals surface area contributed by atoms with Crippen LogP contribution in [0.4, 0.5) is 0 Å². The quantitative estimate of drug-likeness (QED) is 0.330. The smallest absolute Gasteiger partial charge is 0.302 e. The van der Waals surface area contributed by atoms with E-state index in [9.17, 15) is 19.1 Å². The lowest BCUT2D eigenvalue weighted by Gasteiger charge is -2.31. The molecule has 0 spiro atoms. The molecule has 0 amide bonds. The molecule has 0 rings (SSSR count). The van der Waals surface area contributed by atoms with Crippen LogP contribution < -0.4 is 9.79 Å². The van der Waals surface area contributed by atoms with Crippen LogP contribution in [0.3, 0.4) is 0 Å². The van der Waals surface area contributed by atoms with Crippen LogP contribution in [-0.4, -0.2) is 83.5 Å². The lowest BCUT2D eigenvalue weighted by atomic mass is 10.5. The Kier molecular flexibility index (Phi) is 10.3. The number of hydrogen-bond donors (Lipinski definition) is 0. The van der Waals surface area contributed by atoms with Gasteiger partial charge in [0.1, 0.15) is 26.3 Å². The molecular weight excluding hydrogens is 299 g/mol. The molecule has 0 aliphatic rings. The van der Waals surface area contributed by atoms with Crippen molar-refractivity contribution in [2.45, 2.75) is 6.92 Å². The summed E-state index contributed by atoms with van der Waals surface area (Å²) in [5, 5.41) is 0. The first-order valence-electron chi connectivity index (χ1n) is 6.53. The highest BCUT2D eigenvalue weighted by molar-refractivity contribution is 7.43. The van der Waals surface area contributed by atoms with Crippen molar-refractivity contribution in [3.8, 4) is 0 Å². The fourth-order valence-corrected chi connectivity index (χ4v) is 1.19. The Balaban J connectivity index is 0. The Hall–Kier alpha value is -0.500.